The molecule has 0 heterocycles. The minimum absolute atomic E-state index is 0. The van der Waals surface area contributed by atoms with E-state index in [1.807, 2.05) is 13.8 Å². The molecule has 116 valence electrons. The van der Waals surface area contributed by atoms with Crippen LogP contribution in [0, 0.1) is 11.6 Å². The van der Waals surface area contributed by atoms with Crippen LogP contribution >= 0.6 is 0 Å². The molecule has 21 heavy (non-hydrogen) atoms. The lowest BCUT2D eigenvalue weighted by Crippen LogP contribution is -2.10. The van der Waals surface area contributed by atoms with E-state index >= 15 is 0 Å². The van der Waals surface area contributed by atoms with Crippen LogP contribution in [0.3, 0.4) is 0 Å². The zero-order valence-electron chi connectivity index (χ0n) is 12.9. The molecule has 0 aromatic heterocycles. The SMILES string of the molecule is C=C=C(C)NCc1cc(F)c(OC(C)=C=C)c(F)c1.CC.[HH]. The molecule has 0 aliphatic carbocycles. The topological polar surface area (TPSA) is 21.3 Å². The molecule has 0 spiro atoms. The molecule has 0 fully saturated rings. The third kappa shape index (κ3) is 6.13. The average Bonchev–Trinajstić information content (AvgIpc) is 2.50. The third-order valence-corrected chi connectivity index (χ3v) is 2.39. The first-order valence-corrected chi connectivity index (χ1v) is 6.61. The Morgan fingerprint density at radius 2 is 1.71 bits per heavy atom. The second kappa shape index (κ2) is 9.60. The Morgan fingerprint density at radius 3 is 2.14 bits per heavy atom. The van der Waals surface area contributed by atoms with Crippen LogP contribution in [-0.4, -0.2) is 0 Å². The maximum Gasteiger partial charge on any atom is 0.199 e. The van der Waals surface area contributed by atoms with Gasteiger partial charge in [0.1, 0.15) is 5.76 Å². The molecule has 0 saturated heterocycles. The van der Waals surface area contributed by atoms with Crippen LogP contribution in [0.1, 0.15) is 34.7 Å². The molecule has 1 aromatic rings. The predicted molar refractivity (Wildman–Crippen MR) is 83.9 cm³/mol. The lowest BCUT2D eigenvalue weighted by atomic mass is 10.2. The van der Waals surface area contributed by atoms with E-state index < -0.39 is 17.4 Å². The van der Waals surface area contributed by atoms with Crippen LogP contribution in [0.2, 0.25) is 0 Å². The van der Waals surface area contributed by atoms with Gasteiger partial charge in [-0.25, -0.2) is 8.78 Å². The molecule has 0 amide bonds. The van der Waals surface area contributed by atoms with Gasteiger partial charge in [0.15, 0.2) is 17.4 Å². The van der Waals surface area contributed by atoms with Gasteiger partial charge in [0.05, 0.1) is 5.70 Å². The highest BCUT2D eigenvalue weighted by Gasteiger charge is 2.13. The van der Waals surface area contributed by atoms with Gasteiger partial charge in [-0.2, -0.15) is 0 Å². The van der Waals surface area contributed by atoms with E-state index in [4.69, 9.17) is 4.74 Å². The molecule has 0 saturated carbocycles. The minimum Gasteiger partial charge on any atom is -0.448 e. The van der Waals surface area contributed by atoms with Gasteiger partial charge in [0, 0.05) is 14.9 Å². The van der Waals surface area contributed by atoms with Crippen LogP contribution in [0.25, 0.3) is 0 Å². The van der Waals surface area contributed by atoms with Gasteiger partial charge < -0.3 is 10.1 Å². The summed E-state index contributed by atoms with van der Waals surface area (Å²) in [5.74, 6) is -1.79. The molecule has 1 rings (SSSR count). The Kier molecular flexibility index (Phi) is 8.55. The van der Waals surface area contributed by atoms with Crippen molar-refractivity contribution in [3.8, 4) is 5.75 Å². The third-order valence-electron chi connectivity index (χ3n) is 2.39. The highest BCUT2D eigenvalue weighted by Crippen LogP contribution is 2.25. The Morgan fingerprint density at radius 1 is 1.19 bits per heavy atom. The lowest BCUT2D eigenvalue weighted by Gasteiger charge is -2.10. The molecule has 0 aliphatic rings. The highest BCUT2D eigenvalue weighted by atomic mass is 19.1. The molecule has 0 atom stereocenters. The summed E-state index contributed by atoms with van der Waals surface area (Å²) in [6.07, 6.45) is 0. The van der Waals surface area contributed by atoms with Crippen molar-refractivity contribution in [3.05, 3.63) is 65.4 Å². The van der Waals surface area contributed by atoms with E-state index in [1.54, 1.807) is 6.92 Å². The largest absolute Gasteiger partial charge is 0.448 e. The van der Waals surface area contributed by atoms with Gasteiger partial charge in [-0.15, -0.1) is 5.73 Å². The fourth-order valence-electron chi connectivity index (χ4n) is 1.30. The van der Waals surface area contributed by atoms with Crippen molar-refractivity contribution in [1.29, 1.82) is 0 Å². The summed E-state index contributed by atoms with van der Waals surface area (Å²) in [5, 5.41) is 2.92. The molecular weight excluding hydrogens is 272 g/mol. The Bertz CT molecular complexity index is 563. The fraction of sp³-hybridized carbons (Fsp3) is 0.294. The molecule has 0 bridgehead atoms. The molecule has 1 aromatic carbocycles. The van der Waals surface area contributed by atoms with E-state index in [-0.39, 0.29) is 13.7 Å². The maximum atomic E-state index is 13.7. The second-order valence-electron chi connectivity index (χ2n) is 3.88. The number of hydrogen-bond acceptors (Lipinski definition) is 2. The normalized spacial score (nSPS) is 8.67. The molecule has 1 N–H and O–H groups in total. The molecule has 0 radical (unpaired) electrons. The van der Waals surface area contributed by atoms with Gasteiger partial charge in [-0.05, 0) is 24.6 Å². The lowest BCUT2D eigenvalue weighted by molar-refractivity contribution is 0.371. The summed E-state index contributed by atoms with van der Waals surface area (Å²) < 4.78 is 32.4. The zero-order chi connectivity index (χ0) is 16.4. The van der Waals surface area contributed by atoms with Crippen LogP contribution in [-0.2, 0) is 6.54 Å². The molecule has 4 heteroatoms. The Hall–Kier alpha value is -2.28. The quantitative estimate of drug-likeness (QED) is 0.604. The van der Waals surface area contributed by atoms with Gasteiger partial charge in [-0.1, -0.05) is 32.7 Å². The van der Waals surface area contributed by atoms with Gasteiger partial charge >= 0.3 is 0 Å². The Balaban J connectivity index is 0. The van der Waals surface area contributed by atoms with Crippen molar-refractivity contribution in [1.82, 2.24) is 5.32 Å². The van der Waals surface area contributed by atoms with Crippen molar-refractivity contribution in [2.24, 2.45) is 0 Å². The number of benzene rings is 1. The first-order valence-electron chi connectivity index (χ1n) is 6.61. The van der Waals surface area contributed by atoms with E-state index in [0.29, 0.717) is 11.3 Å². The maximum absolute atomic E-state index is 13.7. The number of ether oxygens (including phenoxy) is 1. The second-order valence-corrected chi connectivity index (χ2v) is 3.88. The molecule has 2 nitrogen and oxygen atoms in total. The standard InChI is InChI=1S/C15H15F2NO.C2H6.H2/c1-5-10(3)18-9-12-7-13(16)15(14(17)8-12)19-11(4)6-2;1-2;/h7-8,18H,1-2,9H2,3-4H3;1-2H3;1H. The molecular formula is C17H23F2NO. The van der Waals surface area contributed by atoms with E-state index in [9.17, 15) is 8.78 Å². The summed E-state index contributed by atoms with van der Waals surface area (Å²) in [6, 6.07) is 2.41. The summed E-state index contributed by atoms with van der Waals surface area (Å²) in [7, 11) is 0. The number of rotatable bonds is 5. The summed E-state index contributed by atoms with van der Waals surface area (Å²) >= 11 is 0. The highest BCUT2D eigenvalue weighted by molar-refractivity contribution is 5.32. The van der Waals surface area contributed by atoms with Crippen molar-refractivity contribution in [2.45, 2.75) is 34.2 Å². The number of allylic oxidation sites excluding steroid dienone is 2. The van der Waals surface area contributed by atoms with Crippen LogP contribution in [0.5, 0.6) is 5.75 Å². The predicted octanol–water partition coefficient (Wildman–Crippen LogP) is 5.08. The summed E-state index contributed by atoms with van der Waals surface area (Å²) in [4.78, 5) is 0. The van der Waals surface area contributed by atoms with Gasteiger partial charge in [-0.3, -0.25) is 0 Å². The zero-order valence-corrected chi connectivity index (χ0v) is 12.9. The van der Waals surface area contributed by atoms with Gasteiger partial charge in [0.2, 0.25) is 0 Å². The monoisotopic (exact) mass is 295 g/mol. The van der Waals surface area contributed by atoms with Gasteiger partial charge in [0.25, 0.3) is 0 Å². The van der Waals surface area contributed by atoms with Crippen LogP contribution in [0.4, 0.5) is 8.78 Å². The van der Waals surface area contributed by atoms with Crippen LogP contribution in [0.15, 0.2) is 48.2 Å². The first-order chi connectivity index (χ1) is 9.97. The number of nitrogens with one attached hydrogen (secondary N) is 1. The minimum atomic E-state index is -0.772. The van der Waals surface area contributed by atoms with Crippen molar-refractivity contribution < 1.29 is 14.9 Å². The molecule has 0 aliphatic heterocycles. The average molecular weight is 295 g/mol. The van der Waals surface area contributed by atoms with Crippen molar-refractivity contribution in [3.63, 3.8) is 0 Å². The first kappa shape index (κ1) is 18.7. The Labute approximate surface area is 126 Å². The number of halogens is 2. The summed E-state index contributed by atoms with van der Waals surface area (Å²) in [5.41, 5.74) is 6.20. The van der Waals surface area contributed by atoms with Crippen molar-refractivity contribution >= 4 is 0 Å². The van der Waals surface area contributed by atoms with Crippen molar-refractivity contribution in [2.75, 3.05) is 0 Å². The fourth-order valence-corrected chi connectivity index (χ4v) is 1.30. The number of hydrogen-bond donors (Lipinski definition) is 1. The van der Waals surface area contributed by atoms with E-state index in [0.717, 1.165) is 0 Å². The molecule has 0 unspecified atom stereocenters. The van der Waals surface area contributed by atoms with E-state index in [2.05, 4.69) is 29.9 Å². The van der Waals surface area contributed by atoms with E-state index in [1.165, 1.54) is 19.1 Å². The van der Waals surface area contributed by atoms with Crippen LogP contribution < -0.4 is 10.1 Å². The smallest absolute Gasteiger partial charge is 0.199 e. The summed E-state index contributed by atoms with van der Waals surface area (Å²) in [6.45, 7) is 14.3.